The highest BCUT2D eigenvalue weighted by atomic mass is 35.5. The largest absolute Gasteiger partial charge is 0.354 e. The van der Waals surface area contributed by atoms with Crippen LogP contribution in [0.1, 0.15) is 50.3 Å². The molecule has 0 aliphatic heterocycles. The van der Waals surface area contributed by atoms with Crippen LogP contribution in [-0.2, 0) is 22.6 Å². The molecule has 0 heterocycles. The molecule has 0 radical (unpaired) electrons. The van der Waals surface area contributed by atoms with Crippen molar-refractivity contribution in [3.63, 3.8) is 0 Å². The average molecular weight is 463 g/mol. The maximum absolute atomic E-state index is 13.3. The summed E-state index contributed by atoms with van der Waals surface area (Å²) in [5.41, 5.74) is 3.05. The van der Waals surface area contributed by atoms with Crippen LogP contribution in [0.2, 0.25) is 10.0 Å². The number of aryl methyl sites for hydroxylation is 2. The summed E-state index contributed by atoms with van der Waals surface area (Å²) >= 11 is 12.4. The number of nitrogens with zero attached hydrogens (tertiary/aromatic N) is 1. The van der Waals surface area contributed by atoms with Gasteiger partial charge in [0.05, 0.1) is 0 Å². The second-order valence-corrected chi connectivity index (χ2v) is 9.15. The molecule has 0 aliphatic rings. The van der Waals surface area contributed by atoms with Gasteiger partial charge >= 0.3 is 0 Å². The molecule has 0 spiro atoms. The first kappa shape index (κ1) is 25.2. The first-order chi connectivity index (χ1) is 14.7. The molecule has 0 unspecified atom stereocenters. The van der Waals surface area contributed by atoms with E-state index >= 15 is 0 Å². The zero-order chi connectivity index (χ0) is 23.0. The summed E-state index contributed by atoms with van der Waals surface area (Å²) in [7, 11) is 0. The van der Waals surface area contributed by atoms with Crippen molar-refractivity contribution >= 4 is 35.0 Å². The van der Waals surface area contributed by atoms with E-state index in [4.69, 9.17) is 23.2 Å². The van der Waals surface area contributed by atoms with Gasteiger partial charge in [-0.2, -0.15) is 0 Å². The first-order valence-electron chi connectivity index (χ1n) is 10.8. The van der Waals surface area contributed by atoms with E-state index in [0.29, 0.717) is 41.8 Å². The second kappa shape index (κ2) is 12.1. The molecule has 1 N–H and O–H groups in total. The van der Waals surface area contributed by atoms with E-state index in [0.717, 1.165) is 11.1 Å². The van der Waals surface area contributed by atoms with Gasteiger partial charge in [0, 0.05) is 29.6 Å². The van der Waals surface area contributed by atoms with Gasteiger partial charge in [-0.05, 0) is 48.9 Å². The minimum absolute atomic E-state index is 0.0712. The molecule has 0 bridgehead atoms. The van der Waals surface area contributed by atoms with E-state index in [1.807, 2.05) is 58.0 Å². The van der Waals surface area contributed by atoms with Gasteiger partial charge in [0.2, 0.25) is 11.8 Å². The van der Waals surface area contributed by atoms with Crippen LogP contribution in [0.15, 0.2) is 42.5 Å². The average Bonchev–Trinajstić information content (AvgIpc) is 2.73. The van der Waals surface area contributed by atoms with Crippen LogP contribution in [0.4, 0.5) is 0 Å². The number of hydrogen-bond acceptors (Lipinski definition) is 2. The number of nitrogens with one attached hydrogen (secondary N) is 1. The lowest BCUT2D eigenvalue weighted by molar-refractivity contribution is -0.141. The van der Waals surface area contributed by atoms with Crippen molar-refractivity contribution in [2.45, 2.75) is 59.5 Å². The third-order valence-corrected chi connectivity index (χ3v) is 5.76. The normalized spacial score (nSPS) is 12.0. The van der Waals surface area contributed by atoms with Gasteiger partial charge in [-0.25, -0.2) is 0 Å². The molecule has 6 heteroatoms. The number of rotatable bonds is 10. The standard InChI is InChI=1S/C25H32Cl2N2O2/c1-5-23(25(31)28-15-17(2)3)29(16-20-11-12-21(26)14-22(20)27)24(30)13-10-19-8-6-18(4)7-9-19/h6-9,11-12,14,17,23H,5,10,13,15-16H2,1-4H3,(H,28,31)/t23-/m1/s1. The van der Waals surface area contributed by atoms with E-state index in [-0.39, 0.29) is 18.4 Å². The number of halogens is 2. The van der Waals surface area contributed by atoms with Crippen molar-refractivity contribution in [2.75, 3.05) is 6.54 Å². The van der Waals surface area contributed by atoms with Gasteiger partial charge in [-0.1, -0.05) is 79.9 Å². The molecule has 31 heavy (non-hydrogen) atoms. The minimum Gasteiger partial charge on any atom is -0.354 e. The quantitative estimate of drug-likeness (QED) is 0.483. The predicted octanol–water partition coefficient (Wildman–Crippen LogP) is 5.81. The summed E-state index contributed by atoms with van der Waals surface area (Å²) < 4.78 is 0. The molecule has 0 fully saturated rings. The number of carbonyl (C=O) groups excluding carboxylic acids is 2. The highest BCUT2D eigenvalue weighted by Gasteiger charge is 2.29. The number of amides is 2. The molecule has 2 aromatic carbocycles. The Bertz CT molecular complexity index is 882. The van der Waals surface area contributed by atoms with Crippen LogP contribution in [0.5, 0.6) is 0 Å². The van der Waals surface area contributed by atoms with Gasteiger partial charge in [0.15, 0.2) is 0 Å². The molecule has 0 saturated heterocycles. The van der Waals surface area contributed by atoms with Crippen molar-refractivity contribution in [2.24, 2.45) is 5.92 Å². The molecule has 2 amide bonds. The first-order valence-corrected chi connectivity index (χ1v) is 11.5. The van der Waals surface area contributed by atoms with Crippen LogP contribution >= 0.6 is 23.2 Å². The van der Waals surface area contributed by atoms with Crippen molar-refractivity contribution in [1.29, 1.82) is 0 Å². The van der Waals surface area contributed by atoms with Crippen molar-refractivity contribution in [3.8, 4) is 0 Å². The monoisotopic (exact) mass is 462 g/mol. The highest BCUT2D eigenvalue weighted by molar-refractivity contribution is 6.35. The Hall–Kier alpha value is -2.04. The lowest BCUT2D eigenvalue weighted by atomic mass is 10.0. The molecule has 1 atom stereocenters. The molecule has 0 aromatic heterocycles. The van der Waals surface area contributed by atoms with Gasteiger partial charge in [-0.15, -0.1) is 0 Å². The molecule has 168 valence electrons. The Morgan fingerprint density at radius 1 is 1.06 bits per heavy atom. The Labute approximate surface area is 195 Å². The fourth-order valence-corrected chi connectivity index (χ4v) is 3.79. The van der Waals surface area contributed by atoms with Crippen molar-refractivity contribution in [1.82, 2.24) is 10.2 Å². The Kier molecular flexibility index (Phi) is 9.86. The zero-order valence-electron chi connectivity index (χ0n) is 18.8. The molecule has 4 nitrogen and oxygen atoms in total. The fourth-order valence-electron chi connectivity index (χ4n) is 3.33. The van der Waals surface area contributed by atoms with Crippen LogP contribution in [0.25, 0.3) is 0 Å². The minimum atomic E-state index is -0.559. The van der Waals surface area contributed by atoms with Crippen LogP contribution < -0.4 is 5.32 Å². The number of benzene rings is 2. The summed E-state index contributed by atoms with van der Waals surface area (Å²) in [6.45, 7) is 8.87. The van der Waals surface area contributed by atoms with Crippen LogP contribution in [0, 0.1) is 12.8 Å². The summed E-state index contributed by atoms with van der Waals surface area (Å²) in [6.07, 6.45) is 1.46. The van der Waals surface area contributed by atoms with E-state index in [1.54, 1.807) is 17.0 Å². The Morgan fingerprint density at radius 3 is 2.32 bits per heavy atom. The van der Waals surface area contributed by atoms with Crippen molar-refractivity contribution in [3.05, 3.63) is 69.2 Å². The fraction of sp³-hybridized carbons (Fsp3) is 0.440. The van der Waals surface area contributed by atoms with Crippen LogP contribution in [0.3, 0.4) is 0 Å². The molecule has 2 aromatic rings. The summed E-state index contributed by atoms with van der Waals surface area (Å²) in [4.78, 5) is 27.8. The van der Waals surface area contributed by atoms with Gasteiger partial charge < -0.3 is 10.2 Å². The van der Waals surface area contributed by atoms with E-state index in [2.05, 4.69) is 5.32 Å². The van der Waals surface area contributed by atoms with Gasteiger partial charge in [0.1, 0.15) is 6.04 Å². The molecule has 0 saturated carbocycles. The predicted molar refractivity (Wildman–Crippen MR) is 128 cm³/mol. The Balaban J connectivity index is 2.22. The zero-order valence-corrected chi connectivity index (χ0v) is 20.3. The highest BCUT2D eigenvalue weighted by Crippen LogP contribution is 2.24. The maximum Gasteiger partial charge on any atom is 0.242 e. The van der Waals surface area contributed by atoms with E-state index in [9.17, 15) is 9.59 Å². The summed E-state index contributed by atoms with van der Waals surface area (Å²) in [6, 6.07) is 12.8. The van der Waals surface area contributed by atoms with Crippen LogP contribution in [-0.4, -0.2) is 29.3 Å². The molecular weight excluding hydrogens is 431 g/mol. The van der Waals surface area contributed by atoms with Gasteiger partial charge in [-0.3, -0.25) is 9.59 Å². The molecule has 0 aliphatic carbocycles. The SMILES string of the molecule is CC[C@H](C(=O)NCC(C)C)N(Cc1ccc(Cl)cc1Cl)C(=O)CCc1ccc(C)cc1. The molecular formula is C25H32Cl2N2O2. The molecule has 2 rings (SSSR count). The van der Waals surface area contributed by atoms with Gasteiger partial charge in [0.25, 0.3) is 0 Å². The lowest BCUT2D eigenvalue weighted by Crippen LogP contribution is -2.49. The third kappa shape index (κ3) is 7.86. The second-order valence-electron chi connectivity index (χ2n) is 8.31. The number of carbonyl (C=O) groups is 2. The summed E-state index contributed by atoms with van der Waals surface area (Å²) in [5.74, 6) is 0.126. The van der Waals surface area contributed by atoms with Crippen molar-refractivity contribution < 1.29 is 9.59 Å². The smallest absolute Gasteiger partial charge is 0.242 e. The lowest BCUT2D eigenvalue weighted by Gasteiger charge is -2.31. The Morgan fingerprint density at radius 2 is 1.74 bits per heavy atom. The van der Waals surface area contributed by atoms with E-state index < -0.39 is 6.04 Å². The summed E-state index contributed by atoms with van der Waals surface area (Å²) in [5, 5.41) is 3.99. The third-order valence-electron chi connectivity index (χ3n) is 5.17. The maximum atomic E-state index is 13.3. The number of hydrogen-bond donors (Lipinski definition) is 1. The van der Waals surface area contributed by atoms with E-state index in [1.165, 1.54) is 5.56 Å². The topological polar surface area (TPSA) is 49.4 Å².